The Morgan fingerprint density at radius 3 is 2.42 bits per heavy atom. The molecule has 1 aromatic carbocycles. The van der Waals surface area contributed by atoms with E-state index < -0.39 is 0 Å². The van der Waals surface area contributed by atoms with E-state index in [4.69, 9.17) is 0 Å². The molecule has 3 aromatic rings. The molecule has 0 aliphatic heterocycles. The Hall–Kier alpha value is -3.26. The second-order valence-electron chi connectivity index (χ2n) is 5.37. The van der Waals surface area contributed by atoms with Crippen LogP contribution in [0.3, 0.4) is 0 Å². The topological polar surface area (TPSA) is 96.0 Å². The van der Waals surface area contributed by atoms with Crippen molar-refractivity contribution in [1.29, 1.82) is 0 Å². The van der Waals surface area contributed by atoms with E-state index in [1.165, 1.54) is 11.3 Å². The first-order valence-corrected chi connectivity index (χ1v) is 8.76. The normalized spacial score (nSPS) is 10.2. The van der Waals surface area contributed by atoms with E-state index in [0.717, 1.165) is 10.7 Å². The summed E-state index contributed by atoms with van der Waals surface area (Å²) in [4.78, 5) is 32.2. The molecule has 0 radical (unpaired) electrons. The molecule has 0 spiro atoms. The van der Waals surface area contributed by atoms with E-state index >= 15 is 0 Å². The predicted molar refractivity (Wildman–Crippen MR) is 102 cm³/mol. The fourth-order valence-electron chi connectivity index (χ4n) is 2.20. The number of urea groups is 1. The molecule has 2 aromatic heterocycles. The van der Waals surface area contributed by atoms with Gasteiger partial charge < -0.3 is 16.0 Å². The van der Waals surface area contributed by atoms with Gasteiger partial charge in [-0.05, 0) is 36.4 Å². The van der Waals surface area contributed by atoms with Crippen LogP contribution in [0.15, 0.2) is 54.0 Å². The summed E-state index contributed by atoms with van der Waals surface area (Å²) in [5.74, 6) is -0.158. The second-order valence-corrected chi connectivity index (χ2v) is 6.22. The van der Waals surface area contributed by atoms with Crippen molar-refractivity contribution >= 4 is 34.6 Å². The molecule has 8 heteroatoms. The number of nitrogens with one attached hydrogen (secondary N) is 3. The quantitative estimate of drug-likeness (QED) is 0.645. The number of hydrogen-bond acceptors (Lipinski definition) is 5. The third-order valence-electron chi connectivity index (χ3n) is 3.43. The molecule has 7 nitrogen and oxygen atoms in total. The van der Waals surface area contributed by atoms with Crippen molar-refractivity contribution in [2.45, 2.75) is 6.42 Å². The Morgan fingerprint density at radius 2 is 1.77 bits per heavy atom. The fourth-order valence-corrected chi connectivity index (χ4v) is 2.99. The number of hydrogen-bond donors (Lipinski definition) is 3. The van der Waals surface area contributed by atoms with Gasteiger partial charge in [0.25, 0.3) is 0 Å². The molecule has 3 rings (SSSR count). The maximum atomic E-state index is 12.2. The highest BCUT2D eigenvalue weighted by Gasteiger charge is 2.10. The lowest BCUT2D eigenvalue weighted by Crippen LogP contribution is -2.24. The lowest BCUT2D eigenvalue weighted by molar-refractivity contribution is -0.115. The van der Waals surface area contributed by atoms with E-state index in [0.29, 0.717) is 17.1 Å². The van der Waals surface area contributed by atoms with Crippen LogP contribution in [-0.2, 0) is 11.2 Å². The average molecular weight is 367 g/mol. The number of benzene rings is 1. The van der Waals surface area contributed by atoms with Gasteiger partial charge in [0, 0.05) is 30.0 Å². The zero-order valence-electron chi connectivity index (χ0n) is 14.0. The van der Waals surface area contributed by atoms with E-state index in [9.17, 15) is 9.59 Å². The molecule has 0 fully saturated rings. The molecule has 132 valence electrons. The molecule has 0 atom stereocenters. The second kappa shape index (κ2) is 8.21. The van der Waals surface area contributed by atoms with Crippen LogP contribution in [0.5, 0.6) is 0 Å². The summed E-state index contributed by atoms with van der Waals surface area (Å²) in [5, 5.41) is 10.6. The van der Waals surface area contributed by atoms with Gasteiger partial charge in [0.2, 0.25) is 5.91 Å². The van der Waals surface area contributed by atoms with Gasteiger partial charge in [0.05, 0.1) is 17.8 Å². The van der Waals surface area contributed by atoms with Crippen molar-refractivity contribution in [2.24, 2.45) is 0 Å². The summed E-state index contributed by atoms with van der Waals surface area (Å²) in [6.07, 6.45) is 1.90. The number of carbonyl (C=O) groups is 2. The van der Waals surface area contributed by atoms with Crippen molar-refractivity contribution in [3.05, 3.63) is 59.7 Å². The monoisotopic (exact) mass is 367 g/mol. The fraction of sp³-hybridized carbons (Fsp3) is 0.111. The van der Waals surface area contributed by atoms with Gasteiger partial charge in [-0.1, -0.05) is 6.07 Å². The van der Waals surface area contributed by atoms with Crippen molar-refractivity contribution in [1.82, 2.24) is 15.3 Å². The minimum atomic E-state index is -0.297. The van der Waals surface area contributed by atoms with Crippen LogP contribution >= 0.6 is 11.3 Å². The van der Waals surface area contributed by atoms with Crippen molar-refractivity contribution in [3.8, 4) is 10.7 Å². The van der Waals surface area contributed by atoms with E-state index in [1.807, 2.05) is 23.6 Å². The van der Waals surface area contributed by atoms with E-state index in [1.54, 1.807) is 37.5 Å². The lowest BCUT2D eigenvalue weighted by atomic mass is 10.2. The van der Waals surface area contributed by atoms with Crippen LogP contribution in [-0.4, -0.2) is 29.0 Å². The maximum Gasteiger partial charge on any atom is 0.318 e. The molecular formula is C18H17N5O2S. The first-order chi connectivity index (χ1) is 12.6. The third kappa shape index (κ3) is 4.64. The molecule has 0 saturated carbocycles. The molecule has 0 aliphatic rings. The van der Waals surface area contributed by atoms with Crippen LogP contribution in [0.2, 0.25) is 0 Å². The van der Waals surface area contributed by atoms with Gasteiger partial charge in [0.15, 0.2) is 0 Å². The molecule has 0 aliphatic carbocycles. The van der Waals surface area contributed by atoms with Gasteiger partial charge in [-0.15, -0.1) is 11.3 Å². The van der Waals surface area contributed by atoms with Gasteiger partial charge in [-0.25, -0.2) is 9.78 Å². The highest BCUT2D eigenvalue weighted by molar-refractivity contribution is 7.13. The van der Waals surface area contributed by atoms with E-state index in [2.05, 4.69) is 25.9 Å². The number of pyridine rings is 1. The predicted octanol–water partition coefficient (Wildman–Crippen LogP) is 3.14. The standard InChI is InChI=1S/C18H17N5O2S/c1-19-18(25)23-13-7-5-12(6-8-13)21-16(24)10-14-11-26-17(22-14)15-4-2-3-9-20-15/h2-9,11H,10H2,1H3,(H,21,24)(H2,19,23,25). The molecule has 0 bridgehead atoms. The Balaban J connectivity index is 1.57. The van der Waals surface area contributed by atoms with Gasteiger partial charge in [-0.2, -0.15) is 0 Å². The number of aromatic nitrogens is 2. The highest BCUT2D eigenvalue weighted by Crippen LogP contribution is 2.22. The zero-order valence-corrected chi connectivity index (χ0v) is 14.8. The van der Waals surface area contributed by atoms with E-state index in [-0.39, 0.29) is 18.4 Å². The van der Waals surface area contributed by atoms with Gasteiger partial charge in [0.1, 0.15) is 5.01 Å². The first-order valence-electron chi connectivity index (χ1n) is 7.88. The molecule has 3 amide bonds. The van der Waals surface area contributed by atoms with Gasteiger partial charge in [-0.3, -0.25) is 9.78 Å². The smallest absolute Gasteiger partial charge is 0.318 e. The zero-order chi connectivity index (χ0) is 18.4. The highest BCUT2D eigenvalue weighted by atomic mass is 32.1. The van der Waals surface area contributed by atoms with Crippen LogP contribution in [0.4, 0.5) is 16.2 Å². The number of carbonyl (C=O) groups excluding carboxylic acids is 2. The average Bonchev–Trinajstić information content (AvgIpc) is 3.12. The first kappa shape index (κ1) is 17.6. The minimum absolute atomic E-state index is 0.158. The van der Waals surface area contributed by atoms with Crippen LogP contribution < -0.4 is 16.0 Å². The van der Waals surface area contributed by atoms with Crippen molar-refractivity contribution in [2.75, 3.05) is 17.7 Å². The maximum absolute atomic E-state index is 12.2. The Morgan fingerprint density at radius 1 is 1.04 bits per heavy atom. The summed E-state index contributed by atoms with van der Waals surface area (Å²) >= 11 is 1.46. The van der Waals surface area contributed by atoms with Crippen LogP contribution in [0.25, 0.3) is 10.7 Å². The van der Waals surface area contributed by atoms with Crippen LogP contribution in [0.1, 0.15) is 5.69 Å². The largest absolute Gasteiger partial charge is 0.341 e. The van der Waals surface area contributed by atoms with Crippen molar-refractivity contribution < 1.29 is 9.59 Å². The lowest BCUT2D eigenvalue weighted by Gasteiger charge is -2.07. The van der Waals surface area contributed by atoms with Crippen LogP contribution in [0, 0.1) is 0 Å². The molecular weight excluding hydrogens is 350 g/mol. The number of anilines is 2. The molecule has 3 N–H and O–H groups in total. The summed E-state index contributed by atoms with van der Waals surface area (Å²) in [6.45, 7) is 0. The Kier molecular flexibility index (Phi) is 5.55. The van der Waals surface area contributed by atoms with Gasteiger partial charge >= 0.3 is 6.03 Å². The summed E-state index contributed by atoms with van der Waals surface area (Å²) in [7, 11) is 1.54. The molecule has 0 unspecified atom stereocenters. The summed E-state index contributed by atoms with van der Waals surface area (Å²) in [6, 6.07) is 12.2. The molecule has 2 heterocycles. The van der Waals surface area contributed by atoms with Crippen molar-refractivity contribution in [3.63, 3.8) is 0 Å². The molecule has 26 heavy (non-hydrogen) atoms. The molecule has 0 saturated heterocycles. The summed E-state index contributed by atoms with van der Waals surface area (Å²) in [5.41, 5.74) is 2.79. The number of rotatable bonds is 5. The Bertz CT molecular complexity index is 893. The number of amides is 3. The SMILES string of the molecule is CNC(=O)Nc1ccc(NC(=O)Cc2csc(-c3ccccn3)n2)cc1. The number of nitrogens with zero attached hydrogens (tertiary/aromatic N) is 2. The third-order valence-corrected chi connectivity index (χ3v) is 4.34. The summed E-state index contributed by atoms with van der Waals surface area (Å²) < 4.78 is 0. The number of thiazole rings is 1. The minimum Gasteiger partial charge on any atom is -0.341 e. The Labute approximate surface area is 154 Å².